The fourth-order valence-corrected chi connectivity index (χ4v) is 3.62. The van der Waals surface area contributed by atoms with E-state index in [0.717, 1.165) is 21.3 Å². The quantitative estimate of drug-likeness (QED) is 0.628. The molecule has 140 valence electrons. The molecule has 0 atom stereocenters. The predicted octanol–water partition coefficient (Wildman–Crippen LogP) is 4.24. The molecule has 7 heteroatoms. The van der Waals surface area contributed by atoms with E-state index in [-0.39, 0.29) is 25.3 Å². The van der Waals surface area contributed by atoms with E-state index < -0.39 is 18.6 Å². The van der Waals surface area contributed by atoms with Crippen LogP contribution in [0.4, 0.5) is 8.78 Å². The SMILES string of the molecule is O=C(CCC(F)F)CNC(=O)Cc1nc2ccc(-c3ccccc3)cc2s1. The molecule has 4 nitrogen and oxygen atoms in total. The Hall–Kier alpha value is -2.67. The summed E-state index contributed by atoms with van der Waals surface area (Å²) in [7, 11) is 0. The number of nitrogens with one attached hydrogen (secondary N) is 1. The predicted molar refractivity (Wildman–Crippen MR) is 102 cm³/mol. The van der Waals surface area contributed by atoms with Crippen LogP contribution in [0.5, 0.6) is 0 Å². The smallest absolute Gasteiger partial charge is 0.239 e. The highest BCUT2D eigenvalue weighted by Gasteiger charge is 2.12. The molecule has 0 aliphatic carbocycles. The van der Waals surface area contributed by atoms with Gasteiger partial charge in [-0.05, 0) is 23.3 Å². The van der Waals surface area contributed by atoms with E-state index in [1.165, 1.54) is 11.3 Å². The summed E-state index contributed by atoms with van der Waals surface area (Å²) in [5, 5.41) is 3.12. The largest absolute Gasteiger partial charge is 0.349 e. The fourth-order valence-electron chi connectivity index (χ4n) is 2.61. The molecule has 2 aromatic carbocycles. The minimum atomic E-state index is -2.51. The monoisotopic (exact) mass is 388 g/mol. The van der Waals surface area contributed by atoms with Crippen LogP contribution in [-0.4, -0.2) is 29.6 Å². The molecule has 0 bridgehead atoms. The Balaban J connectivity index is 1.60. The van der Waals surface area contributed by atoms with Gasteiger partial charge in [-0.3, -0.25) is 9.59 Å². The van der Waals surface area contributed by atoms with E-state index in [0.29, 0.717) is 5.01 Å². The number of ketones is 1. The summed E-state index contributed by atoms with van der Waals surface area (Å²) in [6.45, 7) is -0.228. The number of fused-ring (bicyclic) bond motifs is 1. The van der Waals surface area contributed by atoms with Gasteiger partial charge in [0, 0.05) is 12.8 Å². The Kier molecular flexibility index (Phi) is 6.24. The van der Waals surface area contributed by atoms with E-state index >= 15 is 0 Å². The highest BCUT2D eigenvalue weighted by atomic mass is 32.1. The lowest BCUT2D eigenvalue weighted by Gasteiger charge is -2.03. The van der Waals surface area contributed by atoms with Gasteiger partial charge < -0.3 is 5.32 Å². The molecule has 0 aliphatic heterocycles. The number of aromatic nitrogens is 1. The van der Waals surface area contributed by atoms with Crippen molar-refractivity contribution in [2.75, 3.05) is 6.54 Å². The lowest BCUT2D eigenvalue weighted by atomic mass is 10.1. The maximum absolute atomic E-state index is 12.1. The van der Waals surface area contributed by atoms with Crippen molar-refractivity contribution in [1.82, 2.24) is 10.3 Å². The van der Waals surface area contributed by atoms with Crippen LogP contribution in [0.25, 0.3) is 21.3 Å². The molecule has 0 aliphatic rings. The van der Waals surface area contributed by atoms with Crippen molar-refractivity contribution in [3.05, 3.63) is 53.5 Å². The molecule has 0 unspecified atom stereocenters. The van der Waals surface area contributed by atoms with Crippen molar-refractivity contribution >= 4 is 33.2 Å². The maximum Gasteiger partial charge on any atom is 0.239 e. The van der Waals surface area contributed by atoms with Gasteiger partial charge in [-0.25, -0.2) is 13.8 Å². The minimum Gasteiger partial charge on any atom is -0.349 e. The first-order valence-electron chi connectivity index (χ1n) is 8.52. The summed E-state index contributed by atoms with van der Waals surface area (Å²) in [5.74, 6) is -0.747. The van der Waals surface area contributed by atoms with Crippen molar-refractivity contribution in [3.8, 4) is 11.1 Å². The number of hydrogen-bond donors (Lipinski definition) is 1. The lowest BCUT2D eigenvalue weighted by Crippen LogP contribution is -2.30. The molecule has 1 amide bonds. The van der Waals surface area contributed by atoms with Gasteiger partial charge in [0.25, 0.3) is 0 Å². The Morgan fingerprint density at radius 3 is 2.59 bits per heavy atom. The molecule has 1 N–H and O–H groups in total. The molecule has 1 heterocycles. The average Bonchev–Trinajstić information content (AvgIpc) is 3.06. The summed E-state index contributed by atoms with van der Waals surface area (Å²) >= 11 is 1.43. The molecular formula is C20H18F2N2O2S. The maximum atomic E-state index is 12.1. The van der Waals surface area contributed by atoms with E-state index in [2.05, 4.69) is 10.3 Å². The molecule has 0 fully saturated rings. The number of thiazole rings is 1. The third-order valence-electron chi connectivity index (χ3n) is 3.98. The second-order valence-electron chi connectivity index (χ2n) is 6.08. The lowest BCUT2D eigenvalue weighted by molar-refractivity contribution is -0.125. The van der Waals surface area contributed by atoms with Gasteiger partial charge in [-0.2, -0.15) is 0 Å². The summed E-state index contributed by atoms with van der Waals surface area (Å²) in [6, 6.07) is 15.9. The molecule has 3 rings (SSSR count). The molecule has 27 heavy (non-hydrogen) atoms. The van der Waals surface area contributed by atoms with E-state index in [4.69, 9.17) is 0 Å². The average molecular weight is 388 g/mol. The molecule has 3 aromatic rings. The normalized spacial score (nSPS) is 11.1. The van der Waals surface area contributed by atoms with E-state index in [1.54, 1.807) is 0 Å². The molecule has 0 saturated carbocycles. The molecular weight excluding hydrogens is 370 g/mol. The van der Waals surface area contributed by atoms with Crippen molar-refractivity contribution in [2.24, 2.45) is 0 Å². The van der Waals surface area contributed by atoms with Crippen LogP contribution in [0.3, 0.4) is 0 Å². The fraction of sp³-hybridized carbons (Fsp3) is 0.250. The van der Waals surface area contributed by atoms with Crippen molar-refractivity contribution < 1.29 is 18.4 Å². The zero-order valence-corrected chi connectivity index (χ0v) is 15.3. The van der Waals surface area contributed by atoms with Gasteiger partial charge in [0.15, 0.2) is 5.78 Å². The number of benzene rings is 2. The summed E-state index contributed by atoms with van der Waals surface area (Å²) in [4.78, 5) is 27.9. The second-order valence-corrected chi connectivity index (χ2v) is 7.19. The van der Waals surface area contributed by atoms with Gasteiger partial charge in [-0.15, -0.1) is 11.3 Å². The van der Waals surface area contributed by atoms with Crippen LogP contribution in [-0.2, 0) is 16.0 Å². The topological polar surface area (TPSA) is 59.1 Å². The zero-order valence-electron chi connectivity index (χ0n) is 14.5. The van der Waals surface area contributed by atoms with Gasteiger partial charge >= 0.3 is 0 Å². The highest BCUT2D eigenvalue weighted by Crippen LogP contribution is 2.28. The van der Waals surface area contributed by atoms with Crippen molar-refractivity contribution in [3.63, 3.8) is 0 Å². The van der Waals surface area contributed by atoms with Gasteiger partial charge in [0.1, 0.15) is 5.01 Å². The van der Waals surface area contributed by atoms with Gasteiger partial charge in [0.2, 0.25) is 12.3 Å². The van der Waals surface area contributed by atoms with E-state index in [1.807, 2.05) is 48.5 Å². The number of carbonyl (C=O) groups is 2. The summed E-state index contributed by atoms with van der Waals surface area (Å²) < 4.78 is 25.1. The number of rotatable bonds is 8. The van der Waals surface area contributed by atoms with Crippen LogP contribution in [0.15, 0.2) is 48.5 Å². The van der Waals surface area contributed by atoms with Crippen molar-refractivity contribution in [2.45, 2.75) is 25.7 Å². The van der Waals surface area contributed by atoms with Crippen LogP contribution < -0.4 is 5.32 Å². The summed E-state index contributed by atoms with van der Waals surface area (Å²) in [6.07, 6.45) is -3.16. The van der Waals surface area contributed by atoms with Crippen molar-refractivity contribution in [1.29, 1.82) is 0 Å². The van der Waals surface area contributed by atoms with E-state index in [9.17, 15) is 18.4 Å². The Labute approximate surface area is 159 Å². The number of nitrogens with zero attached hydrogens (tertiary/aromatic N) is 1. The van der Waals surface area contributed by atoms with Gasteiger partial charge in [0.05, 0.1) is 23.2 Å². The minimum absolute atomic E-state index is 0.0577. The van der Waals surface area contributed by atoms with Crippen LogP contribution >= 0.6 is 11.3 Å². The molecule has 1 aromatic heterocycles. The third-order valence-corrected chi connectivity index (χ3v) is 4.99. The number of carbonyl (C=O) groups excluding carboxylic acids is 2. The van der Waals surface area contributed by atoms with Crippen LogP contribution in [0, 0.1) is 0 Å². The first kappa shape index (κ1) is 19.1. The van der Waals surface area contributed by atoms with Crippen LogP contribution in [0.2, 0.25) is 0 Å². The first-order valence-corrected chi connectivity index (χ1v) is 9.34. The Morgan fingerprint density at radius 2 is 1.85 bits per heavy atom. The molecule has 0 saturated heterocycles. The Bertz CT molecular complexity index is 942. The summed E-state index contributed by atoms with van der Waals surface area (Å²) in [5.41, 5.74) is 3.00. The van der Waals surface area contributed by atoms with Crippen LogP contribution in [0.1, 0.15) is 17.8 Å². The third kappa shape index (κ3) is 5.40. The molecule has 0 radical (unpaired) electrons. The highest BCUT2D eigenvalue weighted by molar-refractivity contribution is 7.18. The Morgan fingerprint density at radius 1 is 1.07 bits per heavy atom. The standard InChI is InChI=1S/C20H18F2N2O2S/c21-18(22)9-7-15(25)12-23-19(26)11-20-24-16-8-6-14(10-17(16)27-20)13-4-2-1-3-5-13/h1-6,8,10,18H,7,9,11-12H2,(H,23,26). The van der Waals surface area contributed by atoms with Gasteiger partial charge in [-0.1, -0.05) is 36.4 Å². The molecule has 0 spiro atoms. The number of amides is 1. The number of alkyl halides is 2. The second kappa shape index (κ2) is 8.81. The first-order chi connectivity index (χ1) is 13.0. The zero-order chi connectivity index (χ0) is 19.2. The number of halogens is 2. The number of hydrogen-bond acceptors (Lipinski definition) is 4. The number of Topliss-reactive ketones (excluding diaryl/α,β-unsaturated/α-hetero) is 1.